The number of rotatable bonds is 8. The number of nitrogens with zero attached hydrogens (tertiary/aromatic N) is 1. The number of para-hydroxylation sites is 3. The van der Waals surface area contributed by atoms with Crippen LogP contribution in [-0.4, -0.2) is 25.0 Å². The van der Waals surface area contributed by atoms with Gasteiger partial charge in [-0.05, 0) is 43.5 Å². The highest BCUT2D eigenvalue weighted by molar-refractivity contribution is 5.96. The van der Waals surface area contributed by atoms with Crippen molar-refractivity contribution < 1.29 is 14.3 Å². The Kier molecular flexibility index (Phi) is 7.41. The molecule has 0 unspecified atom stereocenters. The first-order valence-electron chi connectivity index (χ1n) is 9.36. The quantitative estimate of drug-likeness (QED) is 0.754. The van der Waals surface area contributed by atoms with Crippen LogP contribution in [0.2, 0.25) is 0 Å². The van der Waals surface area contributed by atoms with E-state index in [0.29, 0.717) is 24.6 Å². The van der Waals surface area contributed by atoms with E-state index in [1.54, 1.807) is 4.90 Å². The maximum atomic E-state index is 12.5. The molecule has 2 aromatic carbocycles. The summed E-state index contributed by atoms with van der Waals surface area (Å²) in [7, 11) is 0. The molecule has 5 heteroatoms. The van der Waals surface area contributed by atoms with Crippen LogP contribution in [0, 0.1) is 6.92 Å². The van der Waals surface area contributed by atoms with Crippen LogP contribution in [-0.2, 0) is 16.0 Å². The van der Waals surface area contributed by atoms with Gasteiger partial charge in [0.2, 0.25) is 11.8 Å². The Labute approximate surface area is 161 Å². The summed E-state index contributed by atoms with van der Waals surface area (Å²) < 4.78 is 5.62. The van der Waals surface area contributed by atoms with Crippen molar-refractivity contribution in [2.45, 2.75) is 40.5 Å². The van der Waals surface area contributed by atoms with Crippen LogP contribution in [0.1, 0.15) is 38.3 Å². The summed E-state index contributed by atoms with van der Waals surface area (Å²) in [6.45, 7) is 8.24. The van der Waals surface area contributed by atoms with E-state index < -0.39 is 0 Å². The molecule has 0 fully saturated rings. The average molecular weight is 368 g/mol. The minimum absolute atomic E-state index is 0.112. The fourth-order valence-corrected chi connectivity index (χ4v) is 3.02. The van der Waals surface area contributed by atoms with Gasteiger partial charge in [-0.1, -0.05) is 37.3 Å². The standard InChI is InChI=1S/C22H28N2O3/c1-5-18-11-9-10-16(3)22(18)23-21(26)14-15-24(17(4)25)19-12-7-8-13-20(19)27-6-2/h7-13H,5-6,14-15H2,1-4H3,(H,23,26). The second kappa shape index (κ2) is 9.76. The minimum atomic E-state index is -0.125. The molecule has 0 aromatic heterocycles. The summed E-state index contributed by atoms with van der Waals surface area (Å²) in [4.78, 5) is 26.3. The lowest BCUT2D eigenvalue weighted by Crippen LogP contribution is -2.32. The van der Waals surface area contributed by atoms with Gasteiger partial charge in [-0.25, -0.2) is 0 Å². The first-order valence-corrected chi connectivity index (χ1v) is 9.36. The minimum Gasteiger partial charge on any atom is -0.492 e. The number of carbonyl (C=O) groups excluding carboxylic acids is 2. The van der Waals surface area contributed by atoms with Gasteiger partial charge in [0.25, 0.3) is 0 Å². The third-order valence-electron chi connectivity index (χ3n) is 4.40. The van der Waals surface area contributed by atoms with Crippen LogP contribution in [0.3, 0.4) is 0 Å². The van der Waals surface area contributed by atoms with Crippen molar-refractivity contribution in [3.05, 3.63) is 53.6 Å². The van der Waals surface area contributed by atoms with Crippen molar-refractivity contribution in [1.29, 1.82) is 0 Å². The summed E-state index contributed by atoms with van der Waals surface area (Å²) in [5, 5.41) is 3.01. The van der Waals surface area contributed by atoms with Crippen LogP contribution in [0.5, 0.6) is 5.75 Å². The van der Waals surface area contributed by atoms with Gasteiger partial charge in [-0.15, -0.1) is 0 Å². The molecule has 0 bridgehead atoms. The normalized spacial score (nSPS) is 10.4. The lowest BCUT2D eigenvalue weighted by Gasteiger charge is -2.23. The molecule has 27 heavy (non-hydrogen) atoms. The number of anilines is 2. The molecule has 2 amide bonds. The van der Waals surface area contributed by atoms with Gasteiger partial charge >= 0.3 is 0 Å². The Balaban J connectivity index is 2.11. The van der Waals surface area contributed by atoms with Gasteiger partial charge in [-0.3, -0.25) is 9.59 Å². The van der Waals surface area contributed by atoms with E-state index in [1.165, 1.54) is 6.92 Å². The smallest absolute Gasteiger partial charge is 0.226 e. The molecular formula is C22H28N2O3. The monoisotopic (exact) mass is 368 g/mol. The summed E-state index contributed by atoms with van der Waals surface area (Å²) in [5.41, 5.74) is 3.69. The Morgan fingerprint density at radius 1 is 1.07 bits per heavy atom. The maximum Gasteiger partial charge on any atom is 0.226 e. The average Bonchev–Trinajstić information content (AvgIpc) is 2.64. The van der Waals surface area contributed by atoms with E-state index in [4.69, 9.17) is 4.74 Å². The van der Waals surface area contributed by atoms with Gasteiger partial charge in [0.1, 0.15) is 5.75 Å². The highest BCUT2D eigenvalue weighted by Gasteiger charge is 2.18. The first kappa shape index (κ1) is 20.5. The predicted octanol–water partition coefficient (Wildman–Crippen LogP) is 4.34. The molecule has 0 saturated carbocycles. The van der Waals surface area contributed by atoms with E-state index in [1.807, 2.05) is 56.3 Å². The predicted molar refractivity (Wildman–Crippen MR) is 109 cm³/mol. The van der Waals surface area contributed by atoms with Crippen LogP contribution >= 0.6 is 0 Å². The van der Waals surface area contributed by atoms with Gasteiger partial charge in [0.05, 0.1) is 12.3 Å². The third-order valence-corrected chi connectivity index (χ3v) is 4.40. The number of hydrogen-bond donors (Lipinski definition) is 1. The molecule has 5 nitrogen and oxygen atoms in total. The van der Waals surface area contributed by atoms with Gasteiger partial charge in [0.15, 0.2) is 0 Å². The highest BCUT2D eigenvalue weighted by Crippen LogP contribution is 2.28. The molecule has 0 saturated heterocycles. The number of nitrogens with one attached hydrogen (secondary N) is 1. The SMILES string of the molecule is CCOc1ccccc1N(CCC(=O)Nc1c(C)cccc1CC)C(C)=O. The van der Waals surface area contributed by atoms with E-state index in [-0.39, 0.29) is 18.2 Å². The molecule has 2 aromatic rings. The number of aryl methyl sites for hydroxylation is 2. The molecular weight excluding hydrogens is 340 g/mol. The number of hydrogen-bond acceptors (Lipinski definition) is 3. The number of benzene rings is 2. The molecule has 2 rings (SSSR count). The van der Waals surface area contributed by atoms with E-state index >= 15 is 0 Å². The lowest BCUT2D eigenvalue weighted by atomic mass is 10.1. The van der Waals surface area contributed by atoms with Crippen molar-refractivity contribution in [2.24, 2.45) is 0 Å². The number of carbonyl (C=O) groups is 2. The highest BCUT2D eigenvalue weighted by atomic mass is 16.5. The fraction of sp³-hybridized carbons (Fsp3) is 0.364. The number of ether oxygens (including phenoxy) is 1. The molecule has 1 N–H and O–H groups in total. The molecule has 0 aliphatic heterocycles. The zero-order valence-corrected chi connectivity index (χ0v) is 16.5. The topological polar surface area (TPSA) is 58.6 Å². The Morgan fingerprint density at radius 2 is 1.81 bits per heavy atom. The Bertz CT molecular complexity index is 802. The summed E-state index contributed by atoms with van der Waals surface area (Å²) >= 11 is 0. The zero-order valence-electron chi connectivity index (χ0n) is 16.5. The third kappa shape index (κ3) is 5.33. The van der Waals surface area contributed by atoms with Crippen molar-refractivity contribution >= 4 is 23.2 Å². The zero-order chi connectivity index (χ0) is 19.8. The molecule has 0 aliphatic carbocycles. The second-order valence-electron chi connectivity index (χ2n) is 6.33. The number of amides is 2. The summed E-state index contributed by atoms with van der Waals surface area (Å²) in [6.07, 6.45) is 1.05. The molecule has 0 heterocycles. The summed E-state index contributed by atoms with van der Waals surface area (Å²) in [6, 6.07) is 13.4. The fourth-order valence-electron chi connectivity index (χ4n) is 3.02. The molecule has 144 valence electrons. The van der Waals surface area contributed by atoms with Crippen molar-refractivity contribution in [2.75, 3.05) is 23.4 Å². The second-order valence-corrected chi connectivity index (χ2v) is 6.33. The van der Waals surface area contributed by atoms with Gasteiger partial charge in [0, 0.05) is 25.6 Å². The molecule has 0 atom stereocenters. The van der Waals surface area contributed by atoms with Crippen molar-refractivity contribution in [3.63, 3.8) is 0 Å². The van der Waals surface area contributed by atoms with Crippen LogP contribution < -0.4 is 15.0 Å². The lowest BCUT2D eigenvalue weighted by molar-refractivity contribution is -0.117. The Hall–Kier alpha value is -2.82. The van der Waals surface area contributed by atoms with E-state index in [9.17, 15) is 9.59 Å². The largest absolute Gasteiger partial charge is 0.492 e. The van der Waals surface area contributed by atoms with Crippen molar-refractivity contribution in [1.82, 2.24) is 0 Å². The molecule has 0 aliphatic rings. The van der Waals surface area contributed by atoms with E-state index in [2.05, 4.69) is 12.2 Å². The molecule has 0 radical (unpaired) electrons. The van der Waals surface area contributed by atoms with Crippen LogP contribution in [0.25, 0.3) is 0 Å². The summed E-state index contributed by atoms with van der Waals surface area (Å²) in [5.74, 6) is 0.405. The van der Waals surface area contributed by atoms with Crippen molar-refractivity contribution in [3.8, 4) is 5.75 Å². The van der Waals surface area contributed by atoms with Gasteiger partial charge < -0.3 is 15.0 Å². The Morgan fingerprint density at radius 3 is 2.48 bits per heavy atom. The van der Waals surface area contributed by atoms with E-state index in [0.717, 1.165) is 23.2 Å². The van der Waals surface area contributed by atoms with Crippen LogP contribution in [0.4, 0.5) is 11.4 Å². The maximum absolute atomic E-state index is 12.5. The first-order chi connectivity index (χ1) is 13.0. The van der Waals surface area contributed by atoms with Crippen LogP contribution in [0.15, 0.2) is 42.5 Å². The molecule has 0 spiro atoms. The van der Waals surface area contributed by atoms with Gasteiger partial charge in [-0.2, -0.15) is 0 Å².